The van der Waals surface area contributed by atoms with Crippen LogP contribution in [0.1, 0.15) is 11.3 Å². The van der Waals surface area contributed by atoms with E-state index in [0.29, 0.717) is 6.54 Å². The number of thiophene rings is 1. The summed E-state index contributed by atoms with van der Waals surface area (Å²) in [6.45, 7) is 0.874. The fraction of sp³-hybridized carbons (Fsp3) is 0.333. The van der Waals surface area contributed by atoms with E-state index in [1.165, 1.54) is 0 Å². The summed E-state index contributed by atoms with van der Waals surface area (Å²) < 4.78 is 0. The van der Waals surface area contributed by atoms with E-state index in [1.54, 1.807) is 16.2 Å². The standard InChI is InChI=1S/C9H9NO2S/c11-7-4-9(12)10(5-7)6-8-2-1-3-13-8/h1-3H,4-6H2. The lowest BCUT2D eigenvalue weighted by molar-refractivity contribution is -0.128. The van der Waals surface area contributed by atoms with Crippen LogP contribution in [0.4, 0.5) is 0 Å². The number of hydrogen-bond donors (Lipinski definition) is 0. The predicted molar refractivity (Wildman–Crippen MR) is 49.4 cm³/mol. The fourth-order valence-corrected chi connectivity index (χ4v) is 2.09. The van der Waals surface area contributed by atoms with E-state index < -0.39 is 0 Å². The third-order valence-electron chi connectivity index (χ3n) is 2.00. The van der Waals surface area contributed by atoms with Crippen LogP contribution in [0.5, 0.6) is 0 Å². The third kappa shape index (κ3) is 1.78. The number of carbonyl (C=O) groups is 2. The molecule has 1 aromatic heterocycles. The molecule has 0 N–H and O–H groups in total. The lowest BCUT2D eigenvalue weighted by atomic mass is 10.3. The molecular formula is C9H9NO2S. The fourth-order valence-electron chi connectivity index (χ4n) is 1.37. The number of rotatable bonds is 2. The molecule has 2 rings (SSSR count). The zero-order valence-electron chi connectivity index (χ0n) is 7.03. The van der Waals surface area contributed by atoms with Gasteiger partial charge < -0.3 is 4.90 Å². The molecule has 2 heterocycles. The highest BCUT2D eigenvalue weighted by Gasteiger charge is 2.27. The third-order valence-corrected chi connectivity index (χ3v) is 2.86. The maximum absolute atomic E-state index is 11.2. The first-order valence-electron chi connectivity index (χ1n) is 4.07. The van der Waals surface area contributed by atoms with Crippen LogP contribution in [0.2, 0.25) is 0 Å². The minimum Gasteiger partial charge on any atom is -0.330 e. The molecule has 0 saturated carbocycles. The number of carbonyl (C=O) groups excluding carboxylic acids is 2. The SMILES string of the molecule is O=C1CC(=O)N(Cc2cccs2)C1. The van der Waals surface area contributed by atoms with Crippen molar-refractivity contribution in [2.24, 2.45) is 0 Å². The minimum absolute atomic E-state index is 0.0292. The number of Topliss-reactive ketones (excluding diaryl/α,β-unsaturated/α-hetero) is 1. The summed E-state index contributed by atoms with van der Waals surface area (Å²) >= 11 is 1.61. The molecule has 13 heavy (non-hydrogen) atoms. The van der Waals surface area contributed by atoms with Gasteiger partial charge >= 0.3 is 0 Å². The van der Waals surface area contributed by atoms with Crippen molar-refractivity contribution in [2.45, 2.75) is 13.0 Å². The van der Waals surface area contributed by atoms with Crippen LogP contribution in [-0.2, 0) is 16.1 Å². The van der Waals surface area contributed by atoms with Crippen molar-refractivity contribution in [1.82, 2.24) is 4.90 Å². The molecule has 1 aromatic rings. The second-order valence-corrected chi connectivity index (χ2v) is 4.08. The summed E-state index contributed by atoms with van der Waals surface area (Å²) in [5, 5.41) is 1.97. The molecule has 4 heteroatoms. The van der Waals surface area contributed by atoms with Gasteiger partial charge in [0.2, 0.25) is 5.91 Å². The van der Waals surface area contributed by atoms with E-state index in [0.717, 1.165) is 4.88 Å². The van der Waals surface area contributed by atoms with Gasteiger partial charge in [0.05, 0.1) is 19.5 Å². The molecule has 0 atom stereocenters. The molecule has 1 aliphatic heterocycles. The first kappa shape index (κ1) is 8.44. The van der Waals surface area contributed by atoms with Crippen LogP contribution in [0.15, 0.2) is 17.5 Å². The summed E-state index contributed by atoms with van der Waals surface area (Å²) in [5.41, 5.74) is 0. The molecule has 1 fully saturated rings. The smallest absolute Gasteiger partial charge is 0.230 e. The highest BCUT2D eigenvalue weighted by molar-refractivity contribution is 7.09. The van der Waals surface area contributed by atoms with Crippen LogP contribution < -0.4 is 0 Å². The van der Waals surface area contributed by atoms with Crippen LogP contribution >= 0.6 is 11.3 Å². The van der Waals surface area contributed by atoms with Crippen LogP contribution in [0, 0.1) is 0 Å². The molecule has 1 saturated heterocycles. The van der Waals surface area contributed by atoms with Crippen LogP contribution in [-0.4, -0.2) is 23.1 Å². The van der Waals surface area contributed by atoms with E-state index in [4.69, 9.17) is 0 Å². The van der Waals surface area contributed by atoms with Crippen molar-refractivity contribution in [1.29, 1.82) is 0 Å². The van der Waals surface area contributed by atoms with E-state index in [1.807, 2.05) is 17.5 Å². The van der Waals surface area contributed by atoms with Gasteiger partial charge in [0.15, 0.2) is 5.78 Å². The monoisotopic (exact) mass is 195 g/mol. The van der Waals surface area contributed by atoms with Gasteiger partial charge in [-0.2, -0.15) is 0 Å². The van der Waals surface area contributed by atoms with Crippen molar-refractivity contribution in [3.8, 4) is 0 Å². The van der Waals surface area contributed by atoms with Gasteiger partial charge in [-0.05, 0) is 11.4 Å². The van der Waals surface area contributed by atoms with Gasteiger partial charge in [-0.15, -0.1) is 11.3 Å². The van der Waals surface area contributed by atoms with Crippen LogP contribution in [0.3, 0.4) is 0 Å². The lowest BCUT2D eigenvalue weighted by Gasteiger charge is -2.12. The van der Waals surface area contributed by atoms with Crippen molar-refractivity contribution in [3.05, 3.63) is 22.4 Å². The van der Waals surface area contributed by atoms with E-state index in [9.17, 15) is 9.59 Å². The number of nitrogens with zero attached hydrogens (tertiary/aromatic N) is 1. The lowest BCUT2D eigenvalue weighted by Crippen LogP contribution is -2.23. The minimum atomic E-state index is -0.0431. The highest BCUT2D eigenvalue weighted by atomic mass is 32.1. The Hall–Kier alpha value is -1.16. The first-order chi connectivity index (χ1) is 6.25. The summed E-state index contributed by atoms with van der Waals surface area (Å²) in [7, 11) is 0. The number of likely N-dealkylation sites (tertiary alicyclic amines) is 1. The molecular weight excluding hydrogens is 186 g/mol. The Labute approximate surface area is 80.0 Å². The summed E-state index contributed by atoms with van der Waals surface area (Å²) in [6.07, 6.45) is 0.0887. The van der Waals surface area contributed by atoms with Crippen molar-refractivity contribution >= 4 is 23.0 Å². The van der Waals surface area contributed by atoms with Gasteiger partial charge in [0.25, 0.3) is 0 Å². The Bertz CT molecular complexity index is 331. The Morgan fingerprint density at radius 3 is 2.85 bits per heavy atom. The maximum atomic E-state index is 11.2. The normalized spacial score (nSPS) is 17.1. The Morgan fingerprint density at radius 1 is 1.46 bits per heavy atom. The topological polar surface area (TPSA) is 37.4 Å². The Kier molecular flexibility index (Phi) is 2.14. The molecule has 68 valence electrons. The molecule has 1 aliphatic rings. The van der Waals surface area contributed by atoms with Gasteiger partial charge in [0, 0.05) is 4.88 Å². The van der Waals surface area contributed by atoms with E-state index >= 15 is 0 Å². The highest BCUT2D eigenvalue weighted by Crippen LogP contribution is 2.15. The van der Waals surface area contributed by atoms with Gasteiger partial charge in [-0.3, -0.25) is 9.59 Å². The first-order valence-corrected chi connectivity index (χ1v) is 4.95. The quantitative estimate of drug-likeness (QED) is 0.661. The molecule has 0 aliphatic carbocycles. The molecule has 3 nitrogen and oxygen atoms in total. The summed E-state index contributed by atoms with van der Waals surface area (Å²) in [5.74, 6) is -0.0139. The zero-order chi connectivity index (χ0) is 9.26. The molecule has 0 aromatic carbocycles. The molecule has 1 amide bonds. The molecule has 0 radical (unpaired) electrons. The number of ketones is 1. The molecule has 0 unspecified atom stereocenters. The maximum Gasteiger partial charge on any atom is 0.230 e. The van der Waals surface area contributed by atoms with E-state index in [2.05, 4.69) is 0 Å². The van der Waals surface area contributed by atoms with E-state index in [-0.39, 0.29) is 24.7 Å². The number of amides is 1. The largest absolute Gasteiger partial charge is 0.330 e. The van der Waals surface area contributed by atoms with Gasteiger partial charge in [-0.1, -0.05) is 6.07 Å². The Morgan fingerprint density at radius 2 is 2.31 bits per heavy atom. The van der Waals surface area contributed by atoms with Crippen LogP contribution in [0.25, 0.3) is 0 Å². The second kappa shape index (κ2) is 3.30. The molecule has 0 bridgehead atoms. The van der Waals surface area contributed by atoms with Crippen molar-refractivity contribution < 1.29 is 9.59 Å². The summed E-state index contributed by atoms with van der Waals surface area (Å²) in [6, 6.07) is 3.92. The number of hydrogen-bond acceptors (Lipinski definition) is 3. The van der Waals surface area contributed by atoms with Crippen molar-refractivity contribution in [3.63, 3.8) is 0 Å². The average Bonchev–Trinajstić information content (AvgIpc) is 2.63. The average molecular weight is 195 g/mol. The second-order valence-electron chi connectivity index (χ2n) is 3.04. The molecule has 0 spiro atoms. The summed E-state index contributed by atoms with van der Waals surface area (Å²) in [4.78, 5) is 24.9. The van der Waals surface area contributed by atoms with Crippen molar-refractivity contribution in [2.75, 3.05) is 6.54 Å². The zero-order valence-corrected chi connectivity index (χ0v) is 7.84. The van der Waals surface area contributed by atoms with Gasteiger partial charge in [0.1, 0.15) is 0 Å². The van der Waals surface area contributed by atoms with Gasteiger partial charge in [-0.25, -0.2) is 0 Å². The predicted octanol–water partition coefficient (Wildman–Crippen LogP) is 1.05. The Balaban J connectivity index is 2.03.